The fourth-order valence-electron chi connectivity index (χ4n) is 17.5. The van der Waals surface area contributed by atoms with Gasteiger partial charge in [-0.15, -0.1) is 0 Å². The Balaban J connectivity index is 1.06. The fourth-order valence-corrected chi connectivity index (χ4v) is 17.5. The van der Waals surface area contributed by atoms with Crippen LogP contribution in [0.2, 0.25) is 0 Å². The average Bonchev–Trinajstić information content (AvgIpc) is 2.68. The molecule has 4 heteroatoms. The van der Waals surface area contributed by atoms with Crippen LogP contribution >= 0.6 is 0 Å². The molecule has 0 N–H and O–H groups in total. The van der Waals surface area contributed by atoms with E-state index in [1.165, 1.54) is 184 Å². The molecule has 3 nitrogen and oxygen atoms in total. The van der Waals surface area contributed by atoms with E-state index < -0.39 is 0 Å². The maximum Gasteiger partial charge on any atom is 0.252 e. The highest BCUT2D eigenvalue weighted by atomic mass is 15.2. The second-order valence-electron chi connectivity index (χ2n) is 27.3. The van der Waals surface area contributed by atoms with Gasteiger partial charge in [-0.05, 0) is 233 Å². The summed E-state index contributed by atoms with van der Waals surface area (Å²) in [7, 11) is 0. The quantitative estimate of drug-likeness (QED) is 0.111. The van der Waals surface area contributed by atoms with Crippen LogP contribution in [0.1, 0.15) is 153 Å². The molecule has 82 heavy (non-hydrogen) atoms. The van der Waals surface area contributed by atoms with Gasteiger partial charge in [-0.1, -0.05) is 164 Å². The van der Waals surface area contributed by atoms with E-state index in [0.717, 1.165) is 25.7 Å². The third-order valence-corrected chi connectivity index (χ3v) is 21.2. The number of fused-ring (bicyclic) bond motifs is 7. The lowest BCUT2D eigenvalue weighted by Crippen LogP contribution is -2.65. The van der Waals surface area contributed by atoms with Crippen LogP contribution in [-0.2, 0) is 5.41 Å². The summed E-state index contributed by atoms with van der Waals surface area (Å²) in [4.78, 5) is 6.11. The lowest BCUT2D eigenvalue weighted by Gasteiger charge is -2.53. The number of hydrogen-bond acceptors (Lipinski definition) is 2. The van der Waals surface area contributed by atoms with Crippen molar-refractivity contribution in [2.45, 2.75) is 168 Å². The zero-order valence-corrected chi connectivity index (χ0v) is 49.7. The van der Waals surface area contributed by atoms with Crippen LogP contribution in [-0.4, -0.2) is 23.4 Å². The molecule has 6 atom stereocenters. The second-order valence-corrected chi connectivity index (χ2v) is 27.3. The van der Waals surface area contributed by atoms with Gasteiger partial charge in [0.15, 0.2) is 0 Å². The summed E-state index contributed by atoms with van der Waals surface area (Å²) in [6, 6.07) is 47.0. The van der Waals surface area contributed by atoms with E-state index in [-0.39, 0.29) is 24.2 Å². The summed E-state index contributed by atoms with van der Waals surface area (Å²) in [6.45, 7) is 12.1. The molecule has 6 unspecified atom stereocenters. The predicted molar refractivity (Wildman–Crippen MR) is 351 cm³/mol. The molecule has 0 spiro atoms. The minimum Gasteiger partial charge on any atom is -0.334 e. The van der Waals surface area contributed by atoms with Crippen molar-refractivity contribution in [3.8, 4) is 16.8 Å². The van der Waals surface area contributed by atoms with Crippen molar-refractivity contribution >= 4 is 67.7 Å². The Morgan fingerprint density at radius 2 is 1.00 bits per heavy atom. The van der Waals surface area contributed by atoms with Crippen LogP contribution in [0.25, 0.3) is 38.6 Å². The molecule has 3 heterocycles. The number of aryl methyl sites for hydroxylation is 2. The molecule has 2 aliphatic heterocycles. The molecule has 0 saturated heterocycles. The van der Waals surface area contributed by atoms with Gasteiger partial charge in [0.25, 0.3) is 6.71 Å². The highest BCUT2D eigenvalue weighted by molar-refractivity contribution is 7.00. The number of nitrogens with zero attached hydrogens (tertiary/aromatic N) is 3. The van der Waals surface area contributed by atoms with Crippen molar-refractivity contribution < 1.29 is 0 Å². The predicted octanol–water partition coefficient (Wildman–Crippen LogP) is 18.9. The van der Waals surface area contributed by atoms with Crippen LogP contribution in [0.4, 0.5) is 22.7 Å². The molecule has 1 aromatic heterocycles. The Bertz CT molecular complexity index is 3790. The van der Waals surface area contributed by atoms with Gasteiger partial charge in [-0.2, -0.15) is 0 Å². The Morgan fingerprint density at radius 1 is 0.463 bits per heavy atom. The molecule has 0 amide bonds. The van der Waals surface area contributed by atoms with Gasteiger partial charge in [0.05, 0.1) is 23.1 Å². The van der Waals surface area contributed by atoms with Gasteiger partial charge < -0.3 is 14.4 Å². The van der Waals surface area contributed by atoms with Crippen LogP contribution < -0.4 is 26.2 Å². The van der Waals surface area contributed by atoms with Gasteiger partial charge in [-0.25, -0.2) is 0 Å². The van der Waals surface area contributed by atoms with E-state index in [4.69, 9.17) is 0 Å². The van der Waals surface area contributed by atoms with E-state index in [1.54, 1.807) is 22.3 Å². The number of rotatable bonds is 8. The van der Waals surface area contributed by atoms with Gasteiger partial charge >= 0.3 is 0 Å². The summed E-state index contributed by atoms with van der Waals surface area (Å²) in [5.41, 5.74) is 27.4. The summed E-state index contributed by atoms with van der Waals surface area (Å²) >= 11 is 0. The number of benzene rings is 6. The molecule has 8 aliphatic rings. The first-order valence-electron chi connectivity index (χ1n) is 32.4. The first-order valence-corrected chi connectivity index (χ1v) is 32.4. The number of anilines is 4. The molecular weight excluding hydrogens is 990 g/mol. The van der Waals surface area contributed by atoms with E-state index in [0.29, 0.717) is 23.7 Å². The van der Waals surface area contributed by atoms with Crippen LogP contribution in [0.5, 0.6) is 0 Å². The summed E-state index contributed by atoms with van der Waals surface area (Å²) in [5.74, 6) is 1.94. The number of aromatic nitrogens is 1. The van der Waals surface area contributed by atoms with Gasteiger partial charge in [0.1, 0.15) is 0 Å². The highest BCUT2D eigenvalue weighted by Crippen LogP contribution is 2.53. The lowest BCUT2D eigenvalue weighted by molar-refractivity contribution is 0.391. The molecule has 0 saturated carbocycles. The minimum absolute atomic E-state index is 0.0407. The van der Waals surface area contributed by atoms with Crippen molar-refractivity contribution in [1.29, 1.82) is 0 Å². The van der Waals surface area contributed by atoms with Crippen molar-refractivity contribution in [3.05, 3.63) is 203 Å². The van der Waals surface area contributed by atoms with Gasteiger partial charge in [-0.3, -0.25) is 0 Å². The van der Waals surface area contributed by atoms with Crippen LogP contribution in [0.3, 0.4) is 0 Å². The van der Waals surface area contributed by atoms with E-state index >= 15 is 0 Å². The minimum atomic E-state index is -0.111. The van der Waals surface area contributed by atoms with Crippen molar-refractivity contribution in [1.82, 2.24) is 4.57 Å². The Labute approximate surface area is 490 Å². The standard InChI is InChI=1S/C78H84BN3/c1-51-44-52(2)46-58(45-51)57-40-42-67-71(47-57)81(76-61(53-24-10-6-11-25-53)34-22-35-62(76)54-26-12-7-13-27-54)73-48-59(78(3,4)5)49-74-75(73)79(67)68-43-41-60(80-69-38-20-18-32-65(69)66-33-19-21-39-70(66)80)50-72(68)82(74)77-63(55-28-14-8-15-29-55)36-23-37-64(77)56-30-16-9-17-31-56/h6,8,10,14,18-21,26,30,32-34,36,38-50,53,55,62,64,76-77H,7,9,11-13,15-17,22-25,27-29,31,35,37H2,1-5H3. The van der Waals surface area contributed by atoms with E-state index in [2.05, 4.69) is 213 Å². The molecule has 0 bridgehead atoms. The highest BCUT2D eigenvalue weighted by Gasteiger charge is 2.51. The van der Waals surface area contributed by atoms with Gasteiger partial charge in [0, 0.05) is 51.0 Å². The normalized spacial score (nSPS) is 24.4. The second kappa shape index (κ2) is 21.1. The van der Waals surface area contributed by atoms with Crippen molar-refractivity contribution in [2.75, 3.05) is 9.80 Å². The molecule has 15 rings (SSSR count). The van der Waals surface area contributed by atoms with Crippen molar-refractivity contribution in [3.63, 3.8) is 0 Å². The molecule has 6 aromatic carbocycles. The number of para-hydroxylation sites is 2. The first kappa shape index (κ1) is 52.1. The van der Waals surface area contributed by atoms with E-state index in [1.807, 2.05) is 0 Å². The van der Waals surface area contributed by atoms with Crippen LogP contribution in [0.15, 0.2) is 186 Å². The monoisotopic (exact) mass is 1070 g/mol. The number of allylic oxidation sites excluding steroid dienone is 8. The summed E-state index contributed by atoms with van der Waals surface area (Å²) in [5, 5.41) is 2.63. The Kier molecular flexibility index (Phi) is 13.4. The first-order chi connectivity index (χ1) is 40.2. The molecular formula is C78H84BN3. The largest absolute Gasteiger partial charge is 0.334 e. The van der Waals surface area contributed by atoms with Crippen molar-refractivity contribution in [2.24, 2.45) is 23.7 Å². The topological polar surface area (TPSA) is 11.4 Å². The smallest absolute Gasteiger partial charge is 0.252 e. The molecule has 6 aliphatic carbocycles. The SMILES string of the molecule is Cc1cc(C)cc(-c2ccc3c(c2)N(C2C(C4CC=CCC4)=CCCC2C2=CCCCC2)c2cc(C(C)(C)C)cc4c2B3c2ccc(-n3c5ccccc5c5ccccc53)cc2N4C2C(C3CC=CCC3)=CCCC2C2=CCCCC2)c1. The maximum atomic E-state index is 3.05. The Morgan fingerprint density at radius 3 is 1.51 bits per heavy atom. The van der Waals surface area contributed by atoms with E-state index in [9.17, 15) is 0 Å². The average molecular weight is 1070 g/mol. The summed E-state index contributed by atoms with van der Waals surface area (Å²) < 4.78 is 2.59. The lowest BCUT2D eigenvalue weighted by atomic mass is 9.33. The molecule has 414 valence electrons. The van der Waals surface area contributed by atoms with Gasteiger partial charge in [0.2, 0.25) is 0 Å². The fraction of sp³-hybridized carbons (Fsp3) is 0.385. The third-order valence-electron chi connectivity index (χ3n) is 21.2. The zero-order chi connectivity index (χ0) is 55.2. The molecule has 0 fully saturated rings. The Hall–Kier alpha value is -6.78. The third kappa shape index (κ3) is 8.90. The maximum absolute atomic E-state index is 3.05. The zero-order valence-electron chi connectivity index (χ0n) is 49.7. The number of hydrogen-bond donors (Lipinski definition) is 0. The molecule has 7 aromatic rings. The van der Waals surface area contributed by atoms with Crippen LogP contribution in [0, 0.1) is 37.5 Å². The molecule has 0 radical (unpaired) electrons. The summed E-state index contributed by atoms with van der Waals surface area (Å²) in [6.07, 6.45) is 42.8.